The molecular weight excluding hydrogens is 440 g/mol. The smallest absolute Gasteiger partial charge is 0.358 e. The largest absolute Gasteiger partial charge is 0.406 e. The number of nitro benzene ring substituents is 1. The topological polar surface area (TPSA) is 128 Å². The number of benzene rings is 2. The molecule has 1 aliphatic heterocycles. The molecule has 1 aromatic heterocycles. The van der Waals surface area contributed by atoms with Crippen molar-refractivity contribution in [3.8, 4) is 0 Å². The van der Waals surface area contributed by atoms with Gasteiger partial charge in [0.15, 0.2) is 0 Å². The Hall–Kier alpha value is -4.28. The molecule has 3 aromatic rings. The van der Waals surface area contributed by atoms with Crippen LogP contribution in [0.3, 0.4) is 0 Å². The summed E-state index contributed by atoms with van der Waals surface area (Å²) in [5, 5.41) is 22.7. The van der Waals surface area contributed by atoms with Crippen molar-refractivity contribution in [3.63, 3.8) is 0 Å². The van der Waals surface area contributed by atoms with E-state index in [0.717, 1.165) is 5.56 Å². The van der Waals surface area contributed by atoms with Crippen LogP contribution in [-0.2, 0) is 13.0 Å². The number of piperazine rings is 1. The Morgan fingerprint density at radius 2 is 1.59 bits per heavy atom. The van der Waals surface area contributed by atoms with E-state index in [1.807, 2.05) is 46.7 Å². The van der Waals surface area contributed by atoms with Gasteiger partial charge >= 0.3 is 5.82 Å². The Morgan fingerprint density at radius 1 is 0.941 bits per heavy atom. The number of non-ortho nitro benzene ring substituents is 1. The third-order valence-corrected chi connectivity index (χ3v) is 5.87. The molecule has 0 atom stereocenters. The maximum absolute atomic E-state index is 12.9. The zero-order chi connectivity index (χ0) is 24.2. The molecule has 0 N–H and O–H groups in total. The molecule has 2 heterocycles. The molecule has 11 nitrogen and oxygen atoms in total. The summed E-state index contributed by atoms with van der Waals surface area (Å²) in [6, 6.07) is 15.2. The normalized spacial score (nSPS) is 13.7. The maximum atomic E-state index is 12.9. The van der Waals surface area contributed by atoms with E-state index in [9.17, 15) is 25.0 Å². The number of nitrogens with zero attached hydrogens (tertiary/aromatic N) is 6. The summed E-state index contributed by atoms with van der Waals surface area (Å²) in [5.74, 6) is 0.682. The highest BCUT2D eigenvalue weighted by Gasteiger charge is 2.33. The van der Waals surface area contributed by atoms with Crippen molar-refractivity contribution in [1.29, 1.82) is 0 Å². The second-order valence-electron chi connectivity index (χ2n) is 7.94. The molecule has 0 saturated carbocycles. The Morgan fingerprint density at radius 3 is 2.15 bits per heavy atom. The van der Waals surface area contributed by atoms with Crippen LogP contribution in [0.4, 0.5) is 17.3 Å². The summed E-state index contributed by atoms with van der Waals surface area (Å²) in [6.45, 7) is 3.92. The van der Waals surface area contributed by atoms with Crippen molar-refractivity contribution in [2.45, 2.75) is 19.9 Å². The standard InChI is InChI=1S/C23H24N6O5/c1-2-20-24-21(29(33)34)22(27(20)16-17-6-4-3-5-7-17)25-12-14-26(15-13-25)23(30)18-8-10-19(11-9-18)28(31)32/h3-11H,2,12-16H2,1H3. The highest BCUT2D eigenvalue weighted by atomic mass is 16.6. The van der Waals surface area contributed by atoms with E-state index in [1.165, 1.54) is 24.3 Å². The minimum Gasteiger partial charge on any atom is -0.358 e. The van der Waals surface area contributed by atoms with Gasteiger partial charge in [-0.1, -0.05) is 37.3 Å². The summed E-state index contributed by atoms with van der Waals surface area (Å²) in [5.41, 5.74) is 1.30. The molecule has 1 fully saturated rings. The molecule has 1 saturated heterocycles. The van der Waals surface area contributed by atoms with Crippen molar-refractivity contribution in [2.24, 2.45) is 0 Å². The van der Waals surface area contributed by atoms with Gasteiger partial charge in [0.1, 0.15) is 0 Å². The molecule has 1 aliphatic rings. The summed E-state index contributed by atoms with van der Waals surface area (Å²) < 4.78 is 1.89. The van der Waals surface area contributed by atoms with Gasteiger partial charge in [-0.3, -0.25) is 19.5 Å². The Balaban J connectivity index is 1.55. The van der Waals surface area contributed by atoms with Gasteiger partial charge in [-0.05, 0) is 27.6 Å². The van der Waals surface area contributed by atoms with E-state index in [1.54, 1.807) is 4.90 Å². The fourth-order valence-corrected chi connectivity index (χ4v) is 4.14. The SMILES string of the molecule is CCc1nc([N+](=O)[O-])c(N2CCN(C(=O)c3ccc([N+](=O)[O-])cc3)CC2)n1Cc1ccccc1. The van der Waals surface area contributed by atoms with Gasteiger partial charge in [0, 0.05) is 50.3 Å². The first-order valence-corrected chi connectivity index (χ1v) is 11.0. The van der Waals surface area contributed by atoms with Gasteiger partial charge in [0.2, 0.25) is 11.6 Å². The molecule has 1 amide bonds. The van der Waals surface area contributed by atoms with Gasteiger partial charge < -0.3 is 19.9 Å². The fraction of sp³-hybridized carbons (Fsp3) is 0.304. The van der Waals surface area contributed by atoms with E-state index in [2.05, 4.69) is 4.98 Å². The third kappa shape index (κ3) is 4.58. The highest BCUT2D eigenvalue weighted by Crippen LogP contribution is 2.31. The van der Waals surface area contributed by atoms with Crippen LogP contribution in [0, 0.1) is 20.2 Å². The van der Waals surface area contributed by atoms with Gasteiger partial charge in [0.25, 0.3) is 11.6 Å². The molecule has 2 aromatic carbocycles. The van der Waals surface area contributed by atoms with Gasteiger partial charge in [-0.2, -0.15) is 0 Å². The number of imidazole rings is 1. The number of aryl methyl sites for hydroxylation is 1. The average Bonchev–Trinajstić information content (AvgIpc) is 3.23. The van der Waals surface area contributed by atoms with Crippen molar-refractivity contribution in [1.82, 2.24) is 14.5 Å². The molecule has 11 heteroatoms. The first-order chi connectivity index (χ1) is 16.4. The quantitative estimate of drug-likeness (QED) is 0.388. The Kier molecular flexibility index (Phi) is 6.53. The van der Waals surface area contributed by atoms with Crippen LogP contribution in [-0.4, -0.2) is 56.4 Å². The molecule has 0 aliphatic carbocycles. The lowest BCUT2D eigenvalue weighted by Gasteiger charge is -2.35. The van der Waals surface area contributed by atoms with Crippen LogP contribution in [0.5, 0.6) is 0 Å². The molecule has 0 bridgehead atoms. The minimum atomic E-state index is -0.511. The Bertz CT molecular complexity index is 1200. The summed E-state index contributed by atoms with van der Waals surface area (Å²) >= 11 is 0. The third-order valence-electron chi connectivity index (χ3n) is 5.87. The minimum absolute atomic E-state index is 0.0768. The fourth-order valence-electron chi connectivity index (χ4n) is 4.14. The van der Waals surface area contributed by atoms with Gasteiger partial charge in [-0.25, -0.2) is 0 Å². The first-order valence-electron chi connectivity index (χ1n) is 11.0. The molecule has 0 spiro atoms. The van der Waals surface area contributed by atoms with Crippen LogP contribution in [0.2, 0.25) is 0 Å². The van der Waals surface area contributed by atoms with E-state index in [0.29, 0.717) is 56.4 Å². The molecule has 34 heavy (non-hydrogen) atoms. The van der Waals surface area contributed by atoms with E-state index < -0.39 is 9.85 Å². The zero-order valence-corrected chi connectivity index (χ0v) is 18.7. The number of anilines is 1. The highest BCUT2D eigenvalue weighted by molar-refractivity contribution is 5.94. The zero-order valence-electron chi connectivity index (χ0n) is 18.7. The first kappa shape index (κ1) is 22.9. The van der Waals surface area contributed by atoms with Crippen molar-refractivity contribution in [2.75, 3.05) is 31.1 Å². The molecule has 176 valence electrons. The van der Waals surface area contributed by atoms with Crippen LogP contribution in [0.25, 0.3) is 0 Å². The number of carbonyl (C=O) groups is 1. The van der Waals surface area contributed by atoms with Crippen molar-refractivity contribution >= 4 is 23.2 Å². The summed E-state index contributed by atoms with van der Waals surface area (Å²) in [7, 11) is 0. The van der Waals surface area contributed by atoms with Gasteiger partial charge in [0.05, 0.1) is 11.5 Å². The van der Waals surface area contributed by atoms with Gasteiger partial charge in [-0.15, -0.1) is 0 Å². The number of amides is 1. The van der Waals surface area contributed by atoms with E-state index in [-0.39, 0.29) is 17.4 Å². The van der Waals surface area contributed by atoms with Crippen molar-refractivity contribution < 1.29 is 14.6 Å². The summed E-state index contributed by atoms with van der Waals surface area (Å²) in [4.78, 5) is 42.4. The predicted octanol–water partition coefficient (Wildman–Crippen LogP) is 3.27. The number of hydrogen-bond donors (Lipinski definition) is 0. The predicted molar refractivity (Wildman–Crippen MR) is 125 cm³/mol. The number of nitro groups is 2. The molecule has 4 rings (SSSR count). The van der Waals surface area contributed by atoms with Crippen molar-refractivity contribution in [3.05, 3.63) is 91.8 Å². The molecular formula is C23H24N6O5. The number of aromatic nitrogens is 2. The number of hydrogen-bond acceptors (Lipinski definition) is 7. The lowest BCUT2D eigenvalue weighted by molar-refractivity contribution is -0.388. The lowest BCUT2D eigenvalue weighted by Crippen LogP contribution is -2.49. The average molecular weight is 464 g/mol. The van der Waals surface area contributed by atoms with Crippen LogP contribution in [0.15, 0.2) is 54.6 Å². The monoisotopic (exact) mass is 464 g/mol. The molecule has 0 radical (unpaired) electrons. The lowest BCUT2D eigenvalue weighted by atomic mass is 10.1. The number of carbonyl (C=O) groups excluding carboxylic acids is 1. The maximum Gasteiger partial charge on any atom is 0.406 e. The second-order valence-corrected chi connectivity index (χ2v) is 7.94. The summed E-state index contributed by atoms with van der Waals surface area (Å²) in [6.07, 6.45) is 0.548. The van der Waals surface area contributed by atoms with E-state index in [4.69, 9.17) is 0 Å². The second kappa shape index (κ2) is 9.69. The van der Waals surface area contributed by atoms with Crippen LogP contribution >= 0.6 is 0 Å². The number of rotatable bonds is 7. The Labute approximate surface area is 195 Å². The van der Waals surface area contributed by atoms with Crippen LogP contribution in [0.1, 0.15) is 28.7 Å². The van der Waals surface area contributed by atoms with E-state index >= 15 is 0 Å². The van der Waals surface area contributed by atoms with Crippen LogP contribution < -0.4 is 4.90 Å². The molecule has 0 unspecified atom stereocenters.